The van der Waals surface area contributed by atoms with E-state index in [1.807, 2.05) is 24.3 Å². The average Bonchev–Trinajstić information content (AvgIpc) is 3.08. The number of para-hydroxylation sites is 2. The number of fused-ring (bicyclic) bond motifs is 1. The fourth-order valence-corrected chi connectivity index (χ4v) is 4.19. The fourth-order valence-electron chi connectivity index (χ4n) is 4.19. The molecule has 0 unspecified atom stereocenters. The summed E-state index contributed by atoms with van der Waals surface area (Å²) >= 11 is 0. The van der Waals surface area contributed by atoms with Crippen LogP contribution in [0.25, 0.3) is 11.1 Å². The van der Waals surface area contributed by atoms with Crippen molar-refractivity contribution in [3.63, 3.8) is 0 Å². The molecular formula is C20H27N3O2. The second kappa shape index (κ2) is 7.06. The van der Waals surface area contributed by atoms with Crippen LogP contribution in [0, 0.1) is 11.8 Å². The molecule has 1 aromatic carbocycles. The SMILES string of the molecule is C[C@@H]1CCCC[C@H]1NC(=O)[C@H]1CCCN(c2nc3ccccc3o2)C1. The molecule has 1 aromatic heterocycles. The minimum absolute atomic E-state index is 0.0258. The molecule has 1 amide bonds. The van der Waals surface area contributed by atoms with Gasteiger partial charge in [-0.05, 0) is 43.7 Å². The highest BCUT2D eigenvalue weighted by Crippen LogP contribution is 2.28. The minimum atomic E-state index is 0.0258. The van der Waals surface area contributed by atoms with Crippen LogP contribution in [0.1, 0.15) is 45.4 Å². The van der Waals surface area contributed by atoms with E-state index in [4.69, 9.17) is 4.42 Å². The Morgan fingerprint density at radius 3 is 2.88 bits per heavy atom. The van der Waals surface area contributed by atoms with Crippen LogP contribution in [0.5, 0.6) is 0 Å². The summed E-state index contributed by atoms with van der Waals surface area (Å²) in [5, 5.41) is 3.32. The van der Waals surface area contributed by atoms with Crippen LogP contribution in [-0.2, 0) is 4.79 Å². The molecule has 1 aliphatic carbocycles. The maximum Gasteiger partial charge on any atom is 0.298 e. The Balaban J connectivity index is 1.42. The van der Waals surface area contributed by atoms with E-state index in [1.165, 1.54) is 19.3 Å². The summed E-state index contributed by atoms with van der Waals surface area (Å²) in [4.78, 5) is 19.5. The van der Waals surface area contributed by atoms with Crippen molar-refractivity contribution in [1.29, 1.82) is 0 Å². The van der Waals surface area contributed by atoms with E-state index in [1.54, 1.807) is 0 Å². The van der Waals surface area contributed by atoms with Crippen molar-refractivity contribution >= 4 is 23.0 Å². The molecule has 25 heavy (non-hydrogen) atoms. The molecule has 0 bridgehead atoms. The summed E-state index contributed by atoms with van der Waals surface area (Å²) in [7, 11) is 0. The number of hydrogen-bond acceptors (Lipinski definition) is 4. The van der Waals surface area contributed by atoms with Crippen molar-refractivity contribution in [2.75, 3.05) is 18.0 Å². The molecule has 4 rings (SSSR count). The number of carbonyl (C=O) groups is 1. The third-order valence-corrected chi connectivity index (χ3v) is 5.78. The van der Waals surface area contributed by atoms with E-state index < -0.39 is 0 Å². The van der Waals surface area contributed by atoms with Gasteiger partial charge in [-0.2, -0.15) is 4.98 Å². The molecule has 1 saturated heterocycles. The zero-order valence-electron chi connectivity index (χ0n) is 14.9. The lowest BCUT2D eigenvalue weighted by atomic mass is 9.85. The lowest BCUT2D eigenvalue weighted by Crippen LogP contribution is -2.48. The number of nitrogens with zero attached hydrogens (tertiary/aromatic N) is 2. The van der Waals surface area contributed by atoms with Crippen molar-refractivity contribution < 1.29 is 9.21 Å². The molecule has 2 fully saturated rings. The van der Waals surface area contributed by atoms with Gasteiger partial charge in [0.2, 0.25) is 5.91 Å². The van der Waals surface area contributed by atoms with E-state index in [-0.39, 0.29) is 11.8 Å². The van der Waals surface area contributed by atoms with Gasteiger partial charge in [-0.3, -0.25) is 4.79 Å². The average molecular weight is 341 g/mol. The van der Waals surface area contributed by atoms with E-state index in [2.05, 4.69) is 22.1 Å². The lowest BCUT2D eigenvalue weighted by molar-refractivity contribution is -0.126. The molecule has 1 N–H and O–H groups in total. The molecule has 3 atom stereocenters. The minimum Gasteiger partial charge on any atom is -0.423 e. The zero-order valence-corrected chi connectivity index (χ0v) is 14.9. The van der Waals surface area contributed by atoms with Gasteiger partial charge in [0.25, 0.3) is 6.01 Å². The number of hydrogen-bond donors (Lipinski definition) is 1. The first-order valence-electron chi connectivity index (χ1n) is 9.61. The molecule has 1 aliphatic heterocycles. The molecule has 1 saturated carbocycles. The highest BCUT2D eigenvalue weighted by atomic mass is 16.4. The zero-order chi connectivity index (χ0) is 17.2. The highest BCUT2D eigenvalue weighted by Gasteiger charge is 2.31. The maximum atomic E-state index is 12.8. The van der Waals surface area contributed by atoms with Crippen LogP contribution >= 0.6 is 0 Å². The van der Waals surface area contributed by atoms with Crippen LogP contribution in [-0.4, -0.2) is 30.0 Å². The molecule has 2 aliphatic rings. The predicted octanol–water partition coefficient (Wildman–Crippen LogP) is 3.74. The van der Waals surface area contributed by atoms with Gasteiger partial charge in [-0.25, -0.2) is 0 Å². The van der Waals surface area contributed by atoms with Crippen LogP contribution in [0.2, 0.25) is 0 Å². The molecular weight excluding hydrogens is 314 g/mol. The maximum absolute atomic E-state index is 12.8. The van der Waals surface area contributed by atoms with E-state index in [0.717, 1.165) is 36.9 Å². The van der Waals surface area contributed by atoms with Gasteiger partial charge in [0.05, 0.1) is 5.92 Å². The number of aromatic nitrogens is 1. The monoisotopic (exact) mass is 341 g/mol. The molecule has 0 spiro atoms. The predicted molar refractivity (Wildman–Crippen MR) is 98.5 cm³/mol. The summed E-state index contributed by atoms with van der Waals surface area (Å²) < 4.78 is 5.89. The number of amides is 1. The van der Waals surface area contributed by atoms with E-state index in [9.17, 15) is 4.79 Å². The topological polar surface area (TPSA) is 58.4 Å². The number of piperidine rings is 1. The Kier molecular flexibility index (Phi) is 4.64. The Morgan fingerprint density at radius 2 is 2.04 bits per heavy atom. The van der Waals surface area contributed by atoms with Crippen molar-refractivity contribution in [3.05, 3.63) is 24.3 Å². The van der Waals surface area contributed by atoms with Crippen molar-refractivity contribution in [3.8, 4) is 0 Å². The van der Waals surface area contributed by atoms with Crippen LogP contribution in [0.15, 0.2) is 28.7 Å². The van der Waals surface area contributed by atoms with Crippen LogP contribution in [0.3, 0.4) is 0 Å². The normalized spacial score (nSPS) is 27.4. The Hall–Kier alpha value is -2.04. The third kappa shape index (κ3) is 3.51. The van der Waals surface area contributed by atoms with Crippen molar-refractivity contribution in [1.82, 2.24) is 10.3 Å². The number of rotatable bonds is 3. The molecule has 2 aromatic rings. The Morgan fingerprint density at radius 1 is 1.20 bits per heavy atom. The summed E-state index contributed by atoms with van der Waals surface area (Å²) in [6.45, 7) is 3.85. The Labute approximate surface area is 148 Å². The van der Waals surface area contributed by atoms with E-state index in [0.29, 0.717) is 24.5 Å². The van der Waals surface area contributed by atoms with Gasteiger partial charge in [0.1, 0.15) is 5.52 Å². The van der Waals surface area contributed by atoms with E-state index >= 15 is 0 Å². The smallest absolute Gasteiger partial charge is 0.298 e. The quantitative estimate of drug-likeness (QED) is 0.924. The van der Waals surface area contributed by atoms with Crippen molar-refractivity contribution in [2.45, 2.75) is 51.5 Å². The number of anilines is 1. The molecule has 5 nitrogen and oxygen atoms in total. The fraction of sp³-hybridized carbons (Fsp3) is 0.600. The third-order valence-electron chi connectivity index (χ3n) is 5.78. The summed E-state index contributed by atoms with van der Waals surface area (Å²) in [6, 6.07) is 8.80. The van der Waals surface area contributed by atoms with Crippen LogP contribution in [0.4, 0.5) is 6.01 Å². The molecule has 0 radical (unpaired) electrons. The van der Waals surface area contributed by atoms with Crippen molar-refractivity contribution in [2.24, 2.45) is 11.8 Å². The summed E-state index contributed by atoms with van der Waals surface area (Å²) in [5.74, 6) is 0.826. The van der Waals surface area contributed by atoms with Gasteiger partial charge < -0.3 is 14.6 Å². The number of nitrogens with one attached hydrogen (secondary N) is 1. The molecule has 5 heteroatoms. The second-order valence-electron chi connectivity index (χ2n) is 7.63. The summed E-state index contributed by atoms with van der Waals surface area (Å²) in [6.07, 6.45) is 6.82. The van der Waals surface area contributed by atoms with Gasteiger partial charge in [-0.15, -0.1) is 0 Å². The van der Waals surface area contributed by atoms with Gasteiger partial charge in [0, 0.05) is 19.1 Å². The molecule has 134 valence electrons. The van der Waals surface area contributed by atoms with Gasteiger partial charge >= 0.3 is 0 Å². The Bertz CT molecular complexity index is 708. The first-order valence-corrected chi connectivity index (χ1v) is 9.61. The summed E-state index contributed by atoms with van der Waals surface area (Å²) in [5.41, 5.74) is 1.68. The lowest BCUT2D eigenvalue weighted by Gasteiger charge is -2.34. The first-order chi connectivity index (χ1) is 12.2. The molecule has 2 heterocycles. The standard InChI is InChI=1S/C20H27N3O2/c1-14-7-2-3-9-16(14)21-19(24)15-8-6-12-23(13-15)20-22-17-10-4-5-11-18(17)25-20/h4-5,10-11,14-16H,2-3,6-9,12-13H2,1H3,(H,21,24)/t14-,15+,16-/m1/s1. The number of carbonyl (C=O) groups excluding carboxylic acids is 1. The second-order valence-corrected chi connectivity index (χ2v) is 7.63. The first kappa shape index (κ1) is 16.4. The number of oxazole rings is 1. The number of benzene rings is 1. The largest absolute Gasteiger partial charge is 0.423 e. The highest BCUT2D eigenvalue weighted by molar-refractivity contribution is 5.80. The van der Waals surface area contributed by atoms with Crippen LogP contribution < -0.4 is 10.2 Å². The van der Waals surface area contributed by atoms with Gasteiger partial charge in [-0.1, -0.05) is 31.9 Å². The van der Waals surface area contributed by atoms with Gasteiger partial charge in [0.15, 0.2) is 5.58 Å².